The lowest BCUT2D eigenvalue weighted by Crippen LogP contribution is -2.34. The van der Waals surface area contributed by atoms with Crippen molar-refractivity contribution in [3.05, 3.63) is 39.1 Å². The lowest BCUT2D eigenvalue weighted by Gasteiger charge is -2.30. The van der Waals surface area contributed by atoms with Gasteiger partial charge < -0.3 is 9.15 Å². The molecule has 0 aliphatic carbocycles. The minimum absolute atomic E-state index is 0.00460. The highest BCUT2D eigenvalue weighted by Gasteiger charge is 2.29. The second-order valence-corrected chi connectivity index (χ2v) is 8.64. The molecule has 0 spiro atoms. The first-order valence-corrected chi connectivity index (χ1v) is 10.9. The Morgan fingerprint density at radius 2 is 2.17 bits per heavy atom. The van der Waals surface area contributed by atoms with Crippen LogP contribution in [0.4, 0.5) is 0 Å². The Kier molecular flexibility index (Phi) is 4.74. The summed E-state index contributed by atoms with van der Waals surface area (Å²) >= 11 is 3.57. The first-order chi connectivity index (χ1) is 14.5. The van der Waals surface area contributed by atoms with Crippen molar-refractivity contribution in [3.8, 4) is 11.3 Å². The summed E-state index contributed by atoms with van der Waals surface area (Å²) in [7, 11) is 1.83. The van der Waals surface area contributed by atoms with E-state index in [1.807, 2.05) is 26.2 Å². The molecular weight excluding hydrogens is 450 g/mol. The number of nitrogens with zero attached hydrogens (tertiary/aromatic N) is 5. The zero-order chi connectivity index (χ0) is 21.0. The van der Waals surface area contributed by atoms with Gasteiger partial charge in [0.15, 0.2) is 5.58 Å². The Morgan fingerprint density at radius 3 is 2.90 bits per heavy atom. The number of rotatable bonds is 3. The molecule has 8 nitrogen and oxygen atoms in total. The van der Waals surface area contributed by atoms with E-state index in [0.29, 0.717) is 23.6 Å². The fourth-order valence-corrected chi connectivity index (χ4v) is 4.54. The van der Waals surface area contributed by atoms with Gasteiger partial charge in [-0.05, 0) is 48.2 Å². The molecule has 5 heterocycles. The molecule has 4 aromatic heterocycles. The van der Waals surface area contributed by atoms with Crippen LogP contribution < -0.4 is 5.69 Å². The van der Waals surface area contributed by atoms with Crippen LogP contribution in [0.1, 0.15) is 37.9 Å². The first kappa shape index (κ1) is 19.4. The standard InChI is InChI=1S/C21H22BrN5O3/c1-4-14-7-13(5-6-29-14)27-18-15-8-16(22)11(2)24-20(15)30-19(18)17(25-21(27)28)12-9-23-26(3)10-12/h8-10,13-14H,4-7H2,1-3H3/t13-,14-/m0/s1. The lowest BCUT2D eigenvalue weighted by atomic mass is 10.0. The Labute approximate surface area is 181 Å². The maximum Gasteiger partial charge on any atom is 0.349 e. The Balaban J connectivity index is 1.85. The number of ether oxygens (including phenoxy) is 1. The van der Waals surface area contributed by atoms with Crippen molar-refractivity contribution in [2.45, 2.75) is 45.3 Å². The summed E-state index contributed by atoms with van der Waals surface area (Å²) < 4.78 is 16.4. The summed E-state index contributed by atoms with van der Waals surface area (Å²) in [5.74, 6) is 0. The molecule has 30 heavy (non-hydrogen) atoms. The summed E-state index contributed by atoms with van der Waals surface area (Å²) in [5.41, 5.74) is 3.55. The molecule has 0 bridgehead atoms. The maximum absolute atomic E-state index is 13.3. The second-order valence-electron chi connectivity index (χ2n) is 7.78. The number of halogens is 1. The fourth-order valence-electron chi connectivity index (χ4n) is 4.23. The van der Waals surface area contributed by atoms with Crippen LogP contribution in [0.5, 0.6) is 0 Å². The van der Waals surface area contributed by atoms with E-state index in [1.165, 1.54) is 0 Å². The molecule has 1 aliphatic heterocycles. The van der Waals surface area contributed by atoms with Gasteiger partial charge in [-0.3, -0.25) is 9.25 Å². The van der Waals surface area contributed by atoms with E-state index in [1.54, 1.807) is 15.4 Å². The predicted octanol–water partition coefficient (Wildman–Crippen LogP) is 4.14. The van der Waals surface area contributed by atoms with Crippen LogP contribution in [0.3, 0.4) is 0 Å². The summed E-state index contributed by atoms with van der Waals surface area (Å²) in [4.78, 5) is 22.4. The van der Waals surface area contributed by atoms with Crippen molar-refractivity contribution in [1.82, 2.24) is 24.3 Å². The molecule has 5 rings (SSSR count). The number of furan rings is 1. The molecule has 0 unspecified atom stereocenters. The van der Waals surface area contributed by atoms with Crippen LogP contribution in [0, 0.1) is 6.92 Å². The average Bonchev–Trinajstić information content (AvgIpc) is 3.32. The smallest absolute Gasteiger partial charge is 0.349 e. The maximum atomic E-state index is 13.3. The van der Waals surface area contributed by atoms with E-state index in [4.69, 9.17) is 9.15 Å². The van der Waals surface area contributed by atoms with Gasteiger partial charge in [-0.2, -0.15) is 10.1 Å². The lowest BCUT2D eigenvalue weighted by molar-refractivity contribution is -0.00709. The van der Waals surface area contributed by atoms with Crippen LogP contribution in [0.25, 0.3) is 33.5 Å². The molecule has 156 valence electrons. The first-order valence-electron chi connectivity index (χ1n) is 10.1. The monoisotopic (exact) mass is 471 g/mol. The van der Waals surface area contributed by atoms with Crippen molar-refractivity contribution >= 4 is 38.1 Å². The molecule has 0 N–H and O–H groups in total. The third kappa shape index (κ3) is 3.07. The van der Waals surface area contributed by atoms with Gasteiger partial charge in [-0.1, -0.05) is 6.92 Å². The van der Waals surface area contributed by atoms with E-state index in [9.17, 15) is 4.79 Å². The number of fused-ring (bicyclic) bond motifs is 3. The number of pyridine rings is 1. The zero-order valence-electron chi connectivity index (χ0n) is 17.1. The average molecular weight is 472 g/mol. The van der Waals surface area contributed by atoms with Crippen molar-refractivity contribution in [2.24, 2.45) is 7.05 Å². The highest BCUT2D eigenvalue weighted by molar-refractivity contribution is 9.10. The van der Waals surface area contributed by atoms with Gasteiger partial charge in [0.2, 0.25) is 5.71 Å². The van der Waals surface area contributed by atoms with Gasteiger partial charge in [0.1, 0.15) is 11.2 Å². The van der Waals surface area contributed by atoms with Gasteiger partial charge in [0.05, 0.1) is 23.4 Å². The van der Waals surface area contributed by atoms with E-state index in [-0.39, 0.29) is 17.8 Å². The molecule has 1 saturated heterocycles. The minimum atomic E-state index is -0.289. The summed E-state index contributed by atoms with van der Waals surface area (Å²) in [6.45, 7) is 4.64. The van der Waals surface area contributed by atoms with Gasteiger partial charge in [0.25, 0.3) is 0 Å². The highest BCUT2D eigenvalue weighted by Crippen LogP contribution is 2.37. The number of aryl methyl sites for hydroxylation is 2. The van der Waals surface area contributed by atoms with Crippen molar-refractivity contribution in [1.29, 1.82) is 0 Å². The van der Waals surface area contributed by atoms with E-state index in [0.717, 1.165) is 45.9 Å². The van der Waals surface area contributed by atoms with Crippen molar-refractivity contribution in [3.63, 3.8) is 0 Å². The van der Waals surface area contributed by atoms with Crippen LogP contribution in [0.2, 0.25) is 0 Å². The molecule has 2 atom stereocenters. The number of hydrogen-bond acceptors (Lipinski definition) is 6. The van der Waals surface area contributed by atoms with Gasteiger partial charge in [-0.15, -0.1) is 0 Å². The predicted molar refractivity (Wildman–Crippen MR) is 117 cm³/mol. The molecule has 0 aromatic carbocycles. The molecule has 1 fully saturated rings. The number of aromatic nitrogens is 5. The third-order valence-electron chi connectivity index (χ3n) is 5.79. The summed E-state index contributed by atoms with van der Waals surface area (Å²) in [6, 6.07) is 1.97. The second kappa shape index (κ2) is 7.31. The minimum Gasteiger partial charge on any atom is -0.434 e. The molecule has 4 aromatic rings. The molecule has 1 aliphatic rings. The van der Waals surface area contributed by atoms with Crippen LogP contribution in [-0.2, 0) is 11.8 Å². The van der Waals surface area contributed by atoms with Crippen LogP contribution in [0.15, 0.2) is 32.1 Å². The van der Waals surface area contributed by atoms with Gasteiger partial charge >= 0.3 is 5.69 Å². The number of hydrogen-bond donors (Lipinski definition) is 0. The van der Waals surface area contributed by atoms with Gasteiger partial charge in [0, 0.05) is 35.9 Å². The third-order valence-corrected chi connectivity index (χ3v) is 6.60. The Hall–Kier alpha value is -2.52. The largest absolute Gasteiger partial charge is 0.434 e. The fraction of sp³-hybridized carbons (Fsp3) is 0.429. The summed E-state index contributed by atoms with van der Waals surface area (Å²) in [5, 5.41) is 5.03. The molecular formula is C21H22BrN5O3. The normalized spacial score (nSPS) is 19.7. The quantitative estimate of drug-likeness (QED) is 0.446. The molecule has 9 heteroatoms. The zero-order valence-corrected chi connectivity index (χ0v) is 18.6. The molecule has 0 saturated carbocycles. The van der Waals surface area contributed by atoms with Gasteiger partial charge in [-0.25, -0.2) is 9.78 Å². The van der Waals surface area contributed by atoms with E-state index in [2.05, 4.69) is 37.9 Å². The Morgan fingerprint density at radius 1 is 1.33 bits per heavy atom. The molecule has 0 radical (unpaired) electrons. The Bertz CT molecular complexity index is 1320. The topological polar surface area (TPSA) is 88.0 Å². The van der Waals surface area contributed by atoms with Crippen molar-refractivity contribution in [2.75, 3.05) is 6.61 Å². The SMILES string of the molecule is CC[C@H]1C[C@@H](n2c(=O)nc(-c3cnn(C)c3)c3oc4nc(C)c(Br)cc4c32)CCO1. The van der Waals surface area contributed by atoms with E-state index >= 15 is 0 Å². The van der Waals surface area contributed by atoms with Crippen molar-refractivity contribution < 1.29 is 9.15 Å². The molecule has 0 amide bonds. The van der Waals surface area contributed by atoms with Crippen LogP contribution in [-0.4, -0.2) is 37.0 Å². The highest BCUT2D eigenvalue weighted by atomic mass is 79.9. The van der Waals surface area contributed by atoms with E-state index < -0.39 is 0 Å². The van der Waals surface area contributed by atoms with Crippen LogP contribution >= 0.6 is 15.9 Å². The summed E-state index contributed by atoms with van der Waals surface area (Å²) in [6.07, 6.45) is 6.09.